The van der Waals surface area contributed by atoms with Gasteiger partial charge < -0.3 is 13.9 Å². The number of nitrogens with zero attached hydrogens (tertiary/aromatic N) is 2. The average Bonchev–Trinajstić information content (AvgIpc) is 2.93. The number of aromatic nitrogens is 2. The van der Waals surface area contributed by atoms with E-state index in [1.165, 1.54) is 5.56 Å². The smallest absolute Gasteiger partial charge is 0.344 e. The molecule has 0 unspecified atom stereocenters. The Bertz CT molecular complexity index is 855. The largest absolute Gasteiger partial charge is 0.482 e. The minimum atomic E-state index is -0.401. The summed E-state index contributed by atoms with van der Waals surface area (Å²) in [4.78, 5) is 16.4. The first kappa shape index (κ1) is 16.1. The molecule has 0 spiro atoms. The van der Waals surface area contributed by atoms with E-state index in [1.807, 2.05) is 60.0 Å². The van der Waals surface area contributed by atoms with Crippen LogP contribution in [0.3, 0.4) is 0 Å². The molecular weight excluding hydrogens is 304 g/mol. The molecule has 5 nitrogen and oxygen atoms in total. The molecule has 3 aromatic rings. The van der Waals surface area contributed by atoms with Crippen LogP contribution in [0.2, 0.25) is 0 Å². The maximum atomic E-state index is 11.9. The maximum absolute atomic E-state index is 11.9. The van der Waals surface area contributed by atoms with Gasteiger partial charge in [-0.3, -0.25) is 0 Å². The highest BCUT2D eigenvalue weighted by atomic mass is 16.6. The molecule has 5 heteroatoms. The van der Waals surface area contributed by atoms with Crippen LogP contribution in [0.25, 0.3) is 5.65 Å². The molecule has 124 valence electrons. The summed E-state index contributed by atoms with van der Waals surface area (Å²) in [6, 6.07) is 13.5. The molecule has 0 fully saturated rings. The zero-order valence-electron chi connectivity index (χ0n) is 13.9. The quantitative estimate of drug-likeness (QED) is 0.653. The molecule has 3 rings (SSSR count). The highest BCUT2D eigenvalue weighted by Gasteiger charge is 2.11. The van der Waals surface area contributed by atoms with Crippen LogP contribution in [-0.4, -0.2) is 22.0 Å². The number of imidazole rings is 1. The van der Waals surface area contributed by atoms with E-state index in [4.69, 9.17) is 9.47 Å². The molecule has 0 saturated heterocycles. The van der Waals surface area contributed by atoms with Crippen LogP contribution < -0.4 is 4.74 Å². The van der Waals surface area contributed by atoms with Crippen molar-refractivity contribution in [2.24, 2.45) is 0 Å². The number of esters is 1. The number of aryl methyl sites for hydroxylation is 2. The maximum Gasteiger partial charge on any atom is 0.344 e. The third-order valence-corrected chi connectivity index (χ3v) is 3.86. The van der Waals surface area contributed by atoms with Gasteiger partial charge in [-0.05, 0) is 43.2 Å². The summed E-state index contributed by atoms with van der Waals surface area (Å²) in [6.07, 6.45) is 2.83. The lowest BCUT2D eigenvalue weighted by atomic mass is 10.2. The van der Waals surface area contributed by atoms with Crippen molar-refractivity contribution in [2.45, 2.75) is 26.9 Å². The highest BCUT2D eigenvalue weighted by Crippen LogP contribution is 2.15. The molecule has 2 aromatic heterocycles. The summed E-state index contributed by atoms with van der Waals surface area (Å²) in [7, 11) is 0. The van der Waals surface area contributed by atoms with Gasteiger partial charge in [-0.25, -0.2) is 9.78 Å². The molecule has 24 heavy (non-hydrogen) atoms. The van der Waals surface area contributed by atoms with Crippen LogP contribution in [0, 0.1) is 6.92 Å². The number of hydrogen-bond acceptors (Lipinski definition) is 4. The summed E-state index contributed by atoms with van der Waals surface area (Å²) < 4.78 is 12.8. The zero-order valence-corrected chi connectivity index (χ0v) is 13.9. The number of carbonyl (C=O) groups is 1. The second-order valence-corrected chi connectivity index (χ2v) is 5.52. The molecule has 2 heterocycles. The number of fused-ring (bicyclic) bond motifs is 1. The van der Waals surface area contributed by atoms with Crippen molar-refractivity contribution in [2.75, 3.05) is 6.61 Å². The molecule has 0 aliphatic heterocycles. The summed E-state index contributed by atoms with van der Waals surface area (Å²) in [5.41, 5.74) is 3.73. The van der Waals surface area contributed by atoms with E-state index >= 15 is 0 Å². The van der Waals surface area contributed by atoms with Crippen LogP contribution >= 0.6 is 0 Å². The predicted molar refractivity (Wildman–Crippen MR) is 91.0 cm³/mol. The van der Waals surface area contributed by atoms with Crippen LogP contribution in [0.4, 0.5) is 0 Å². The van der Waals surface area contributed by atoms with Gasteiger partial charge >= 0.3 is 5.97 Å². The molecule has 0 saturated carbocycles. The normalized spacial score (nSPS) is 10.8. The Balaban J connectivity index is 1.58. The number of rotatable bonds is 6. The predicted octanol–water partition coefficient (Wildman–Crippen LogP) is 3.33. The van der Waals surface area contributed by atoms with Gasteiger partial charge in [0, 0.05) is 6.20 Å². The van der Waals surface area contributed by atoms with E-state index in [0.29, 0.717) is 5.75 Å². The lowest BCUT2D eigenvalue weighted by Crippen LogP contribution is -2.15. The van der Waals surface area contributed by atoms with Gasteiger partial charge in [-0.1, -0.05) is 25.1 Å². The molecule has 0 aliphatic carbocycles. The van der Waals surface area contributed by atoms with Crippen molar-refractivity contribution in [3.63, 3.8) is 0 Å². The SMILES string of the molecule is CCc1cccc(OCC(=O)OCc2c(C)nc3ccccn23)c1. The van der Waals surface area contributed by atoms with E-state index in [0.717, 1.165) is 23.5 Å². The molecule has 0 radical (unpaired) electrons. The van der Waals surface area contributed by atoms with Gasteiger partial charge in [-0.2, -0.15) is 0 Å². The minimum absolute atomic E-state index is 0.108. The van der Waals surface area contributed by atoms with Gasteiger partial charge in [0.05, 0.1) is 11.4 Å². The second kappa shape index (κ2) is 7.17. The Morgan fingerprint density at radius 1 is 1.21 bits per heavy atom. The Hall–Kier alpha value is -2.82. The van der Waals surface area contributed by atoms with Crippen LogP contribution in [0.15, 0.2) is 48.7 Å². The second-order valence-electron chi connectivity index (χ2n) is 5.52. The summed E-state index contributed by atoms with van der Waals surface area (Å²) in [5, 5.41) is 0. The zero-order chi connectivity index (χ0) is 16.9. The van der Waals surface area contributed by atoms with Crippen molar-refractivity contribution in [1.82, 2.24) is 9.38 Å². The Labute approximate surface area is 140 Å². The number of carbonyl (C=O) groups excluding carboxylic acids is 1. The standard InChI is InChI=1S/C19H20N2O3/c1-3-15-7-6-8-16(11-15)23-13-19(22)24-12-17-14(2)20-18-9-4-5-10-21(17)18/h4-11H,3,12-13H2,1-2H3. The van der Waals surface area contributed by atoms with Crippen LogP contribution in [0.5, 0.6) is 5.75 Å². The molecule has 0 aliphatic rings. The van der Waals surface area contributed by atoms with E-state index < -0.39 is 5.97 Å². The van der Waals surface area contributed by atoms with Crippen molar-refractivity contribution >= 4 is 11.6 Å². The van der Waals surface area contributed by atoms with E-state index in [1.54, 1.807) is 0 Å². The number of hydrogen-bond donors (Lipinski definition) is 0. The number of benzene rings is 1. The molecular formula is C19H20N2O3. The first-order chi connectivity index (χ1) is 11.7. The lowest BCUT2D eigenvalue weighted by molar-refractivity contribution is -0.147. The summed E-state index contributed by atoms with van der Waals surface area (Å²) in [5.74, 6) is 0.277. The van der Waals surface area contributed by atoms with Gasteiger partial charge in [-0.15, -0.1) is 0 Å². The summed E-state index contributed by atoms with van der Waals surface area (Å²) in [6.45, 7) is 4.05. The van der Waals surface area contributed by atoms with E-state index in [9.17, 15) is 4.79 Å². The highest BCUT2D eigenvalue weighted by molar-refractivity contribution is 5.71. The fraction of sp³-hybridized carbons (Fsp3) is 0.263. The minimum Gasteiger partial charge on any atom is -0.482 e. The van der Waals surface area contributed by atoms with Gasteiger partial charge in [0.25, 0.3) is 0 Å². The van der Waals surface area contributed by atoms with Gasteiger partial charge in [0.2, 0.25) is 0 Å². The van der Waals surface area contributed by atoms with Crippen molar-refractivity contribution < 1.29 is 14.3 Å². The van der Waals surface area contributed by atoms with E-state index in [-0.39, 0.29) is 13.2 Å². The monoisotopic (exact) mass is 324 g/mol. The lowest BCUT2D eigenvalue weighted by Gasteiger charge is -2.08. The number of ether oxygens (including phenoxy) is 2. The first-order valence-electron chi connectivity index (χ1n) is 7.97. The van der Waals surface area contributed by atoms with Crippen LogP contribution in [-0.2, 0) is 22.6 Å². The first-order valence-corrected chi connectivity index (χ1v) is 7.97. The van der Waals surface area contributed by atoms with Gasteiger partial charge in [0.15, 0.2) is 6.61 Å². The molecule has 0 bridgehead atoms. The Morgan fingerprint density at radius 3 is 2.92 bits per heavy atom. The third kappa shape index (κ3) is 3.56. The van der Waals surface area contributed by atoms with Crippen LogP contribution in [0.1, 0.15) is 23.9 Å². The van der Waals surface area contributed by atoms with Crippen molar-refractivity contribution in [3.05, 3.63) is 65.6 Å². The molecule has 0 amide bonds. The van der Waals surface area contributed by atoms with Crippen molar-refractivity contribution in [3.8, 4) is 5.75 Å². The third-order valence-electron chi connectivity index (χ3n) is 3.86. The topological polar surface area (TPSA) is 52.8 Å². The Morgan fingerprint density at radius 2 is 2.08 bits per heavy atom. The molecule has 1 aromatic carbocycles. The van der Waals surface area contributed by atoms with Gasteiger partial charge in [0.1, 0.15) is 18.0 Å². The van der Waals surface area contributed by atoms with Crippen molar-refractivity contribution in [1.29, 1.82) is 0 Å². The molecule has 0 atom stereocenters. The fourth-order valence-corrected chi connectivity index (χ4v) is 2.53. The van der Waals surface area contributed by atoms with E-state index in [2.05, 4.69) is 11.9 Å². The fourth-order valence-electron chi connectivity index (χ4n) is 2.53. The molecule has 0 N–H and O–H groups in total. The Kier molecular flexibility index (Phi) is 4.79. The average molecular weight is 324 g/mol. The summed E-state index contributed by atoms with van der Waals surface area (Å²) >= 11 is 0. The number of pyridine rings is 1.